The molecule has 2 N–H and O–H groups in total. The summed E-state index contributed by atoms with van der Waals surface area (Å²) in [6.07, 6.45) is 7.73. The van der Waals surface area contributed by atoms with E-state index in [1.165, 1.54) is 38.5 Å². The van der Waals surface area contributed by atoms with E-state index in [0.29, 0.717) is 0 Å². The van der Waals surface area contributed by atoms with Crippen molar-refractivity contribution in [3.05, 3.63) is 0 Å². The van der Waals surface area contributed by atoms with Crippen LogP contribution in [0, 0.1) is 0 Å². The molecule has 4 heteroatoms. The van der Waals surface area contributed by atoms with Crippen LogP contribution < -0.4 is 11.0 Å². The maximum atomic E-state index is 3.96. The summed E-state index contributed by atoms with van der Waals surface area (Å²) in [5, 5.41) is 7.72. The lowest BCUT2D eigenvalue weighted by atomic mass is 10.1. The van der Waals surface area contributed by atoms with Gasteiger partial charge in [-0.15, -0.1) is 0 Å². The average molecular weight is 170 g/mol. The van der Waals surface area contributed by atoms with Crippen molar-refractivity contribution in [1.29, 1.82) is 0 Å². The zero-order valence-corrected chi connectivity index (χ0v) is 7.55. The standard InChI is InChI=1S/C8H18N4/c1-2-4-6-8-10-12-11-9-7-5-3-1/h1-8H2,(H,9,12)(H,10,11). The van der Waals surface area contributed by atoms with E-state index in [1.54, 1.807) is 0 Å². The predicted molar refractivity (Wildman–Crippen MR) is 48.6 cm³/mol. The minimum Gasteiger partial charge on any atom is -0.224 e. The Balaban J connectivity index is 2.10. The highest BCUT2D eigenvalue weighted by atomic mass is 15.6. The fourth-order valence-corrected chi connectivity index (χ4v) is 1.28. The molecule has 1 heterocycles. The molecular formula is C8H18N4. The summed E-state index contributed by atoms with van der Waals surface area (Å²) in [4.78, 5) is 0. The molecule has 0 aromatic carbocycles. The molecule has 0 saturated heterocycles. The van der Waals surface area contributed by atoms with Crippen LogP contribution in [-0.2, 0) is 0 Å². The van der Waals surface area contributed by atoms with Crippen LogP contribution in [-0.4, -0.2) is 13.1 Å². The Morgan fingerprint density at radius 3 is 2.50 bits per heavy atom. The van der Waals surface area contributed by atoms with Crippen molar-refractivity contribution in [2.75, 3.05) is 13.1 Å². The van der Waals surface area contributed by atoms with Crippen molar-refractivity contribution in [3.63, 3.8) is 0 Å². The smallest absolute Gasteiger partial charge is 0.0620 e. The first-order valence-electron chi connectivity index (χ1n) is 4.84. The van der Waals surface area contributed by atoms with Gasteiger partial charge in [-0.3, -0.25) is 0 Å². The third kappa shape index (κ3) is 5.07. The van der Waals surface area contributed by atoms with E-state index in [4.69, 9.17) is 0 Å². The molecule has 1 aliphatic rings. The highest BCUT2D eigenvalue weighted by Gasteiger charge is 1.92. The van der Waals surface area contributed by atoms with E-state index in [-0.39, 0.29) is 0 Å². The van der Waals surface area contributed by atoms with E-state index in [1.807, 2.05) is 0 Å². The highest BCUT2D eigenvalue weighted by molar-refractivity contribution is 4.49. The lowest BCUT2D eigenvalue weighted by molar-refractivity contribution is 0.482. The van der Waals surface area contributed by atoms with Gasteiger partial charge in [-0.25, -0.2) is 11.0 Å². The van der Waals surface area contributed by atoms with Crippen LogP contribution in [0.25, 0.3) is 0 Å². The van der Waals surface area contributed by atoms with Crippen molar-refractivity contribution in [2.45, 2.75) is 38.5 Å². The van der Waals surface area contributed by atoms with Gasteiger partial charge < -0.3 is 0 Å². The van der Waals surface area contributed by atoms with Crippen molar-refractivity contribution in [2.24, 2.45) is 10.3 Å². The zero-order chi connectivity index (χ0) is 8.49. The Morgan fingerprint density at radius 1 is 0.833 bits per heavy atom. The summed E-state index contributed by atoms with van der Waals surface area (Å²) in [7, 11) is 0. The van der Waals surface area contributed by atoms with Gasteiger partial charge in [0.2, 0.25) is 0 Å². The Bertz CT molecular complexity index is 110. The third-order valence-electron chi connectivity index (χ3n) is 2.01. The Labute approximate surface area is 73.8 Å². The molecule has 70 valence electrons. The van der Waals surface area contributed by atoms with Gasteiger partial charge in [0.1, 0.15) is 0 Å². The van der Waals surface area contributed by atoms with Gasteiger partial charge in [-0.1, -0.05) is 30.9 Å². The number of rotatable bonds is 0. The van der Waals surface area contributed by atoms with Crippen LogP contribution in [0.15, 0.2) is 10.3 Å². The first-order chi connectivity index (χ1) is 6.00. The Morgan fingerprint density at radius 2 is 1.58 bits per heavy atom. The summed E-state index contributed by atoms with van der Waals surface area (Å²) in [5.74, 6) is 0. The summed E-state index contributed by atoms with van der Waals surface area (Å²) >= 11 is 0. The van der Waals surface area contributed by atoms with Crippen LogP contribution in [0.4, 0.5) is 0 Å². The second kappa shape index (κ2) is 7.03. The SMILES string of the molecule is C1CCCCNNN=NCCC1. The summed E-state index contributed by atoms with van der Waals surface area (Å²) in [6, 6.07) is 0. The zero-order valence-electron chi connectivity index (χ0n) is 7.55. The maximum absolute atomic E-state index is 3.96. The molecule has 0 aromatic rings. The van der Waals surface area contributed by atoms with Gasteiger partial charge in [0.05, 0.1) is 6.54 Å². The number of hydrazine groups is 1. The van der Waals surface area contributed by atoms with E-state index in [9.17, 15) is 0 Å². The minimum absolute atomic E-state index is 0.856. The average Bonchev–Trinajstić information content (AvgIpc) is 2.05. The molecule has 0 fully saturated rings. The van der Waals surface area contributed by atoms with Crippen molar-refractivity contribution in [3.8, 4) is 0 Å². The summed E-state index contributed by atoms with van der Waals surface area (Å²) < 4.78 is 0. The second-order valence-corrected chi connectivity index (χ2v) is 3.12. The normalized spacial score (nSPS) is 22.0. The van der Waals surface area contributed by atoms with Crippen LogP contribution in [0.5, 0.6) is 0 Å². The second-order valence-electron chi connectivity index (χ2n) is 3.12. The number of nitrogens with zero attached hydrogens (tertiary/aromatic N) is 2. The lowest BCUT2D eigenvalue weighted by Gasteiger charge is -2.04. The molecule has 0 amide bonds. The molecule has 0 bridgehead atoms. The lowest BCUT2D eigenvalue weighted by Crippen LogP contribution is -2.27. The van der Waals surface area contributed by atoms with Gasteiger partial charge in [0.25, 0.3) is 0 Å². The molecule has 4 nitrogen and oxygen atoms in total. The number of hydrogen-bond donors (Lipinski definition) is 2. The number of hydrogen-bond acceptors (Lipinski definition) is 4. The Hall–Kier alpha value is -0.640. The van der Waals surface area contributed by atoms with Crippen molar-refractivity contribution in [1.82, 2.24) is 11.0 Å². The van der Waals surface area contributed by atoms with Crippen molar-refractivity contribution >= 4 is 0 Å². The summed E-state index contributed by atoms with van der Waals surface area (Å²) in [6.45, 7) is 1.84. The molecule has 0 spiro atoms. The van der Waals surface area contributed by atoms with E-state index in [2.05, 4.69) is 21.3 Å². The van der Waals surface area contributed by atoms with E-state index < -0.39 is 0 Å². The highest BCUT2D eigenvalue weighted by Crippen LogP contribution is 2.05. The monoisotopic (exact) mass is 170 g/mol. The molecule has 12 heavy (non-hydrogen) atoms. The van der Waals surface area contributed by atoms with Crippen LogP contribution in [0.1, 0.15) is 38.5 Å². The van der Waals surface area contributed by atoms with E-state index >= 15 is 0 Å². The molecule has 1 rings (SSSR count). The van der Waals surface area contributed by atoms with Crippen LogP contribution in [0.2, 0.25) is 0 Å². The van der Waals surface area contributed by atoms with Gasteiger partial charge in [-0.2, -0.15) is 5.11 Å². The largest absolute Gasteiger partial charge is 0.224 e. The fraction of sp³-hybridized carbons (Fsp3) is 1.00. The molecule has 0 radical (unpaired) electrons. The molecular weight excluding hydrogens is 152 g/mol. The van der Waals surface area contributed by atoms with Crippen molar-refractivity contribution < 1.29 is 0 Å². The Kier molecular flexibility index (Phi) is 5.54. The molecule has 0 aliphatic carbocycles. The third-order valence-corrected chi connectivity index (χ3v) is 2.01. The van der Waals surface area contributed by atoms with Crippen LogP contribution >= 0.6 is 0 Å². The molecule has 0 atom stereocenters. The molecule has 1 aliphatic heterocycles. The maximum Gasteiger partial charge on any atom is 0.0620 e. The van der Waals surface area contributed by atoms with Gasteiger partial charge >= 0.3 is 0 Å². The fourth-order valence-electron chi connectivity index (χ4n) is 1.28. The van der Waals surface area contributed by atoms with Crippen LogP contribution in [0.3, 0.4) is 0 Å². The molecule has 0 saturated carbocycles. The van der Waals surface area contributed by atoms with Gasteiger partial charge in [0, 0.05) is 6.54 Å². The predicted octanol–water partition coefficient (Wildman–Crippen LogP) is 1.80. The molecule has 0 aromatic heterocycles. The minimum atomic E-state index is 0.856. The van der Waals surface area contributed by atoms with E-state index in [0.717, 1.165) is 13.1 Å². The van der Waals surface area contributed by atoms with Gasteiger partial charge in [-0.05, 0) is 12.8 Å². The molecule has 0 unspecified atom stereocenters. The first-order valence-corrected chi connectivity index (χ1v) is 4.84. The number of nitrogens with one attached hydrogen (secondary N) is 2. The van der Waals surface area contributed by atoms with Gasteiger partial charge in [0.15, 0.2) is 0 Å². The topological polar surface area (TPSA) is 48.8 Å². The quantitative estimate of drug-likeness (QED) is 0.582. The summed E-state index contributed by atoms with van der Waals surface area (Å²) in [5.41, 5.74) is 5.70. The first kappa shape index (κ1) is 9.45.